The van der Waals surface area contributed by atoms with E-state index in [2.05, 4.69) is 38.3 Å². The third-order valence-electron chi connectivity index (χ3n) is 4.87. The van der Waals surface area contributed by atoms with Crippen molar-refractivity contribution in [2.24, 2.45) is 0 Å². The summed E-state index contributed by atoms with van der Waals surface area (Å²) in [5, 5.41) is 5.09. The number of hydrogen-bond donors (Lipinski definition) is 1. The monoisotopic (exact) mass is 482 g/mol. The molecule has 3 aromatic rings. The van der Waals surface area contributed by atoms with Crippen LogP contribution in [-0.4, -0.2) is 56.3 Å². The second-order valence-electron chi connectivity index (χ2n) is 6.53. The maximum atomic E-state index is 6.21. The van der Waals surface area contributed by atoms with Gasteiger partial charge in [-0.3, -0.25) is 4.90 Å². The fourth-order valence-corrected chi connectivity index (χ4v) is 4.61. The lowest BCUT2D eigenvalue weighted by Crippen LogP contribution is -2.47. The van der Waals surface area contributed by atoms with Crippen molar-refractivity contribution in [1.29, 1.82) is 0 Å². The number of fused-ring (bicyclic) bond motifs is 1. The van der Waals surface area contributed by atoms with Crippen LogP contribution in [0.4, 0.5) is 10.8 Å². The number of piperazine rings is 1. The molecule has 0 spiro atoms. The number of nitrogens with one attached hydrogen (secondary N) is 1. The molecule has 0 unspecified atom stereocenters. The van der Waals surface area contributed by atoms with Crippen molar-refractivity contribution in [3.05, 3.63) is 47.5 Å². The topological polar surface area (TPSA) is 40.6 Å². The van der Waals surface area contributed by atoms with E-state index in [0.717, 1.165) is 60.4 Å². The van der Waals surface area contributed by atoms with Crippen molar-refractivity contribution < 1.29 is 4.74 Å². The first-order valence-electron chi connectivity index (χ1n) is 9.14. The molecule has 1 N–H and O–H groups in total. The van der Waals surface area contributed by atoms with Gasteiger partial charge in [0, 0.05) is 39.3 Å². The number of halogens is 2. The van der Waals surface area contributed by atoms with Crippen LogP contribution in [0.5, 0.6) is 5.75 Å². The van der Waals surface area contributed by atoms with Gasteiger partial charge in [0.1, 0.15) is 11.3 Å². The highest BCUT2D eigenvalue weighted by Gasteiger charge is 2.19. The Bertz CT molecular complexity index is 914. The highest BCUT2D eigenvalue weighted by Crippen LogP contribution is 2.31. The fraction of sp³-hybridized carbons (Fsp3) is 0.350. The molecule has 4 rings (SSSR count). The Morgan fingerprint density at radius 3 is 2.64 bits per heavy atom. The number of ether oxygens (including phenoxy) is 1. The molecule has 28 heavy (non-hydrogen) atoms. The largest absolute Gasteiger partial charge is 0.495 e. The Hall–Kier alpha value is -1.54. The van der Waals surface area contributed by atoms with Crippen molar-refractivity contribution in [3.8, 4) is 5.75 Å². The maximum absolute atomic E-state index is 6.21. The minimum atomic E-state index is 0. The van der Waals surface area contributed by atoms with Crippen LogP contribution in [0.3, 0.4) is 0 Å². The molecule has 1 aliphatic rings. The van der Waals surface area contributed by atoms with E-state index in [-0.39, 0.29) is 17.0 Å². The molecule has 1 fully saturated rings. The normalized spacial score (nSPS) is 14.7. The third kappa shape index (κ3) is 4.71. The molecule has 0 amide bonds. The van der Waals surface area contributed by atoms with Crippen LogP contribution in [0.15, 0.2) is 42.5 Å². The third-order valence-corrected chi connectivity index (χ3v) is 6.16. The number of methoxy groups -OCH3 is 1. The van der Waals surface area contributed by atoms with Gasteiger partial charge in [-0.25, -0.2) is 4.98 Å². The summed E-state index contributed by atoms with van der Waals surface area (Å²) in [6.07, 6.45) is 0. The molecule has 1 aliphatic heterocycles. The molecule has 1 saturated heterocycles. The molecule has 8 heteroatoms. The highest BCUT2D eigenvalue weighted by atomic mass is 79.9. The maximum Gasteiger partial charge on any atom is 0.183 e. The van der Waals surface area contributed by atoms with Gasteiger partial charge in [0.05, 0.1) is 22.5 Å². The van der Waals surface area contributed by atoms with E-state index in [0.29, 0.717) is 5.02 Å². The standard InChI is InChI=1S/C20H23ClN4OS.BrH/c1-26-17-7-3-2-6-16(17)25-13-11-24(12-14-25)10-9-22-20-23-19-15(21)5-4-8-18(19)27-20;/h2-8H,9-14H2,1H3,(H,22,23);1H. The van der Waals surface area contributed by atoms with Gasteiger partial charge in [0.25, 0.3) is 0 Å². The molecular formula is C20H24BrClN4OS. The SMILES string of the molecule is Br.COc1ccccc1N1CCN(CCNc2nc3c(Cl)cccc3s2)CC1. The molecule has 0 radical (unpaired) electrons. The lowest BCUT2D eigenvalue weighted by Gasteiger charge is -2.36. The van der Waals surface area contributed by atoms with Crippen LogP contribution in [0.1, 0.15) is 0 Å². The predicted molar refractivity (Wildman–Crippen MR) is 125 cm³/mol. The van der Waals surface area contributed by atoms with Crippen molar-refractivity contribution in [2.75, 3.05) is 56.6 Å². The summed E-state index contributed by atoms with van der Waals surface area (Å²) >= 11 is 7.86. The summed E-state index contributed by atoms with van der Waals surface area (Å²) in [5.41, 5.74) is 2.07. The van der Waals surface area contributed by atoms with Gasteiger partial charge in [-0.2, -0.15) is 0 Å². The number of rotatable bonds is 6. The van der Waals surface area contributed by atoms with Crippen molar-refractivity contribution in [3.63, 3.8) is 0 Å². The van der Waals surface area contributed by atoms with Gasteiger partial charge in [-0.15, -0.1) is 17.0 Å². The Morgan fingerprint density at radius 1 is 1.11 bits per heavy atom. The van der Waals surface area contributed by atoms with Crippen LogP contribution >= 0.6 is 39.9 Å². The minimum Gasteiger partial charge on any atom is -0.495 e. The number of nitrogens with zero attached hydrogens (tertiary/aromatic N) is 3. The average molecular weight is 484 g/mol. The number of para-hydroxylation sites is 3. The van der Waals surface area contributed by atoms with Crippen molar-refractivity contribution in [1.82, 2.24) is 9.88 Å². The van der Waals surface area contributed by atoms with E-state index in [9.17, 15) is 0 Å². The Kier molecular flexibility index (Phi) is 7.40. The number of anilines is 2. The van der Waals surface area contributed by atoms with E-state index in [4.69, 9.17) is 16.3 Å². The molecule has 5 nitrogen and oxygen atoms in total. The molecular weight excluding hydrogens is 460 g/mol. The van der Waals surface area contributed by atoms with E-state index in [1.807, 2.05) is 24.3 Å². The molecule has 2 aromatic carbocycles. The predicted octanol–water partition coefficient (Wildman–Crippen LogP) is 4.77. The zero-order valence-corrected chi connectivity index (χ0v) is 19.0. The zero-order valence-electron chi connectivity index (χ0n) is 15.7. The summed E-state index contributed by atoms with van der Waals surface area (Å²) < 4.78 is 6.61. The van der Waals surface area contributed by atoms with Gasteiger partial charge in [-0.05, 0) is 24.3 Å². The molecule has 0 saturated carbocycles. The Morgan fingerprint density at radius 2 is 1.89 bits per heavy atom. The second kappa shape index (κ2) is 9.78. The minimum absolute atomic E-state index is 0. The number of hydrogen-bond acceptors (Lipinski definition) is 6. The van der Waals surface area contributed by atoms with Crippen LogP contribution < -0.4 is 15.0 Å². The molecule has 1 aromatic heterocycles. The van der Waals surface area contributed by atoms with Gasteiger partial charge >= 0.3 is 0 Å². The van der Waals surface area contributed by atoms with Gasteiger partial charge in [0.15, 0.2) is 5.13 Å². The van der Waals surface area contributed by atoms with Gasteiger partial charge in [0.2, 0.25) is 0 Å². The van der Waals surface area contributed by atoms with Crippen LogP contribution in [0.25, 0.3) is 10.2 Å². The highest BCUT2D eigenvalue weighted by molar-refractivity contribution is 8.93. The average Bonchev–Trinajstić information content (AvgIpc) is 3.13. The number of benzene rings is 2. The lowest BCUT2D eigenvalue weighted by atomic mass is 10.2. The van der Waals surface area contributed by atoms with Crippen molar-refractivity contribution >= 4 is 61.0 Å². The lowest BCUT2D eigenvalue weighted by molar-refractivity contribution is 0.266. The van der Waals surface area contributed by atoms with E-state index < -0.39 is 0 Å². The molecule has 2 heterocycles. The smallest absolute Gasteiger partial charge is 0.183 e. The summed E-state index contributed by atoms with van der Waals surface area (Å²) in [4.78, 5) is 9.49. The Balaban J connectivity index is 0.00000225. The van der Waals surface area contributed by atoms with E-state index in [1.165, 1.54) is 5.69 Å². The molecule has 0 atom stereocenters. The first-order valence-corrected chi connectivity index (χ1v) is 10.3. The van der Waals surface area contributed by atoms with Crippen LogP contribution in [0.2, 0.25) is 5.02 Å². The second-order valence-corrected chi connectivity index (χ2v) is 7.97. The fourth-order valence-electron chi connectivity index (χ4n) is 3.41. The summed E-state index contributed by atoms with van der Waals surface area (Å²) in [6.45, 7) is 6.00. The summed E-state index contributed by atoms with van der Waals surface area (Å²) in [7, 11) is 1.73. The van der Waals surface area contributed by atoms with Crippen LogP contribution in [-0.2, 0) is 0 Å². The van der Waals surface area contributed by atoms with E-state index in [1.54, 1.807) is 18.4 Å². The summed E-state index contributed by atoms with van der Waals surface area (Å²) in [5.74, 6) is 0.946. The zero-order chi connectivity index (χ0) is 18.6. The molecule has 0 aliphatic carbocycles. The van der Waals surface area contributed by atoms with E-state index >= 15 is 0 Å². The first kappa shape index (κ1) is 21.2. The quantitative estimate of drug-likeness (QED) is 0.547. The van der Waals surface area contributed by atoms with Gasteiger partial charge in [-0.1, -0.05) is 41.1 Å². The summed E-state index contributed by atoms with van der Waals surface area (Å²) in [6, 6.07) is 14.1. The van der Waals surface area contributed by atoms with Gasteiger partial charge < -0.3 is 15.0 Å². The molecule has 0 bridgehead atoms. The first-order chi connectivity index (χ1) is 13.2. The Labute approximate surface area is 185 Å². The molecule has 150 valence electrons. The van der Waals surface area contributed by atoms with Crippen molar-refractivity contribution in [2.45, 2.75) is 0 Å². The number of thiazole rings is 1. The van der Waals surface area contributed by atoms with Crippen LogP contribution in [0, 0.1) is 0 Å². The number of aromatic nitrogens is 1.